The van der Waals surface area contributed by atoms with Crippen molar-refractivity contribution in [1.29, 1.82) is 0 Å². The van der Waals surface area contributed by atoms with E-state index in [1.807, 2.05) is 45.9 Å². The molecule has 1 aliphatic heterocycles. The van der Waals surface area contributed by atoms with Gasteiger partial charge in [-0.25, -0.2) is 0 Å². The van der Waals surface area contributed by atoms with Crippen molar-refractivity contribution in [2.45, 2.75) is 52.7 Å². The topological polar surface area (TPSA) is 64.6 Å². The van der Waals surface area contributed by atoms with Gasteiger partial charge in [-0.3, -0.25) is 9.59 Å². The lowest BCUT2D eigenvalue weighted by atomic mass is 9.77. The van der Waals surface area contributed by atoms with E-state index in [9.17, 15) is 9.59 Å². The number of hydrogen-bond acceptors (Lipinski definition) is 4. The number of Topliss-reactive ketones (excluding diaryl/α,β-unsaturated/α-hetero) is 1. The molecular formula is C19H26BNO4. The monoisotopic (exact) mass is 343 g/mol. The molecule has 2 rings (SSSR count). The van der Waals surface area contributed by atoms with Crippen molar-refractivity contribution in [3.8, 4) is 0 Å². The summed E-state index contributed by atoms with van der Waals surface area (Å²) in [6.45, 7) is 11.3. The molecule has 134 valence electrons. The molecule has 1 saturated heterocycles. The van der Waals surface area contributed by atoms with E-state index in [1.54, 1.807) is 12.1 Å². The Morgan fingerprint density at radius 1 is 1.04 bits per heavy atom. The van der Waals surface area contributed by atoms with E-state index in [0.717, 1.165) is 11.0 Å². The fourth-order valence-electron chi connectivity index (χ4n) is 2.45. The minimum absolute atomic E-state index is 0.0277. The van der Waals surface area contributed by atoms with E-state index < -0.39 is 18.3 Å². The number of carbonyl (C=O) groups is 2. The molecule has 0 bridgehead atoms. The largest absolute Gasteiger partial charge is 0.492 e. The van der Waals surface area contributed by atoms with Crippen LogP contribution in [0.2, 0.25) is 0 Å². The van der Waals surface area contributed by atoms with Crippen LogP contribution in [-0.2, 0) is 14.1 Å². The van der Waals surface area contributed by atoms with Crippen LogP contribution in [0.25, 0.3) is 6.08 Å². The molecule has 25 heavy (non-hydrogen) atoms. The average molecular weight is 343 g/mol. The summed E-state index contributed by atoms with van der Waals surface area (Å²) in [5.41, 5.74) is 1.50. The van der Waals surface area contributed by atoms with Gasteiger partial charge in [0, 0.05) is 19.0 Å². The van der Waals surface area contributed by atoms with Crippen molar-refractivity contribution >= 4 is 24.9 Å². The summed E-state index contributed by atoms with van der Waals surface area (Å²) in [7, 11) is -0.538. The highest BCUT2D eigenvalue weighted by Crippen LogP contribution is 2.38. The predicted molar refractivity (Wildman–Crippen MR) is 99.2 cm³/mol. The molecule has 1 aromatic rings. The lowest BCUT2D eigenvalue weighted by Gasteiger charge is -2.32. The average Bonchev–Trinajstić information content (AvgIpc) is 2.72. The maximum absolute atomic E-state index is 11.4. The highest BCUT2D eigenvalue weighted by molar-refractivity contribution is 6.56. The summed E-state index contributed by atoms with van der Waals surface area (Å²) in [5.74, 6) is -0.0886. The fourth-order valence-corrected chi connectivity index (χ4v) is 2.45. The molecule has 5 nitrogen and oxygen atoms in total. The highest BCUT2D eigenvalue weighted by Gasteiger charge is 2.52. The zero-order valence-electron chi connectivity index (χ0n) is 15.8. The number of nitrogens with one attached hydrogen (secondary N) is 1. The summed E-state index contributed by atoms with van der Waals surface area (Å²) in [6, 6.07) is 7.31. The Hall–Kier alpha value is -1.92. The maximum atomic E-state index is 11.4. The molecule has 0 aliphatic carbocycles. The second-order valence-electron chi connectivity index (χ2n) is 7.40. The molecule has 6 heteroatoms. The Morgan fingerprint density at radius 3 is 2.00 bits per heavy atom. The molecule has 1 fully saturated rings. The summed E-state index contributed by atoms with van der Waals surface area (Å²) in [5, 5.41) is 2.81. The second kappa shape index (κ2) is 7.14. The molecule has 0 unspecified atom stereocenters. The molecule has 0 aromatic heterocycles. The Kier molecular flexibility index (Phi) is 5.54. The number of carbonyl (C=O) groups excluding carboxylic acids is 2. The third-order valence-electron chi connectivity index (χ3n) is 4.77. The van der Waals surface area contributed by atoms with E-state index in [0.29, 0.717) is 12.1 Å². The lowest BCUT2D eigenvalue weighted by molar-refractivity contribution is -0.118. The van der Waals surface area contributed by atoms with Crippen LogP contribution < -0.4 is 5.32 Å². The van der Waals surface area contributed by atoms with Crippen LogP contribution in [0.15, 0.2) is 29.7 Å². The fraction of sp³-hybridized carbons (Fsp3) is 0.474. The Bertz CT molecular complexity index is 676. The maximum Gasteiger partial charge on any atom is 0.492 e. The molecule has 0 atom stereocenters. The van der Waals surface area contributed by atoms with Gasteiger partial charge in [0.05, 0.1) is 11.2 Å². The van der Waals surface area contributed by atoms with Gasteiger partial charge >= 0.3 is 7.12 Å². The zero-order chi connectivity index (χ0) is 18.8. The second-order valence-corrected chi connectivity index (χ2v) is 7.40. The van der Waals surface area contributed by atoms with Crippen LogP contribution in [0.1, 0.15) is 57.5 Å². The summed E-state index contributed by atoms with van der Waals surface area (Å²) >= 11 is 0. The van der Waals surface area contributed by atoms with Crippen molar-refractivity contribution in [1.82, 2.24) is 5.32 Å². The zero-order valence-corrected chi connectivity index (χ0v) is 15.8. The van der Waals surface area contributed by atoms with Crippen LogP contribution in [0.3, 0.4) is 0 Å². The van der Waals surface area contributed by atoms with Crippen LogP contribution in [0.4, 0.5) is 0 Å². The first-order valence-corrected chi connectivity index (χ1v) is 8.43. The SMILES string of the molecule is CC(=O)NCC(=Cc1ccc(C(C)=O)cc1)B1OC(C)(C)C(C)(C)O1. The van der Waals surface area contributed by atoms with Crippen molar-refractivity contribution < 1.29 is 18.9 Å². The smallest absolute Gasteiger partial charge is 0.400 e. The minimum Gasteiger partial charge on any atom is -0.400 e. The van der Waals surface area contributed by atoms with Crippen LogP contribution >= 0.6 is 0 Å². The number of benzene rings is 1. The van der Waals surface area contributed by atoms with E-state index in [2.05, 4.69) is 5.32 Å². The van der Waals surface area contributed by atoms with Gasteiger partial charge in [0.25, 0.3) is 0 Å². The van der Waals surface area contributed by atoms with Crippen molar-refractivity contribution in [2.75, 3.05) is 6.54 Å². The molecule has 1 aliphatic rings. The van der Waals surface area contributed by atoms with Gasteiger partial charge in [-0.2, -0.15) is 0 Å². The number of ketones is 1. The number of amides is 1. The Labute approximate surface area is 149 Å². The van der Waals surface area contributed by atoms with Gasteiger partial charge < -0.3 is 14.6 Å². The van der Waals surface area contributed by atoms with E-state index in [-0.39, 0.29) is 11.7 Å². The van der Waals surface area contributed by atoms with Crippen LogP contribution in [0.5, 0.6) is 0 Å². The van der Waals surface area contributed by atoms with Crippen molar-refractivity contribution in [3.05, 3.63) is 40.9 Å². The molecule has 1 heterocycles. The van der Waals surface area contributed by atoms with Gasteiger partial charge in [0.15, 0.2) is 5.78 Å². The van der Waals surface area contributed by atoms with Gasteiger partial charge in [-0.15, -0.1) is 0 Å². The van der Waals surface area contributed by atoms with E-state index in [4.69, 9.17) is 9.31 Å². The molecular weight excluding hydrogens is 317 g/mol. The predicted octanol–water partition coefficient (Wildman–Crippen LogP) is 3.04. The molecule has 1 amide bonds. The van der Waals surface area contributed by atoms with Gasteiger partial charge in [-0.05, 0) is 45.7 Å². The number of rotatable bonds is 5. The molecule has 0 spiro atoms. The number of hydrogen-bond donors (Lipinski definition) is 1. The third-order valence-corrected chi connectivity index (χ3v) is 4.77. The summed E-state index contributed by atoms with van der Waals surface area (Å²) in [4.78, 5) is 22.7. The van der Waals surface area contributed by atoms with Gasteiger partial charge in [0.1, 0.15) is 0 Å². The highest BCUT2D eigenvalue weighted by atomic mass is 16.7. The molecule has 0 radical (unpaired) electrons. The Balaban J connectivity index is 2.29. The lowest BCUT2D eigenvalue weighted by Crippen LogP contribution is -2.41. The molecule has 1 aromatic carbocycles. The van der Waals surface area contributed by atoms with E-state index in [1.165, 1.54) is 13.8 Å². The van der Waals surface area contributed by atoms with Gasteiger partial charge in [0.2, 0.25) is 5.91 Å². The first-order valence-electron chi connectivity index (χ1n) is 8.43. The first-order chi connectivity index (χ1) is 11.5. The third kappa shape index (κ3) is 4.58. The minimum atomic E-state index is -0.538. The normalized spacial score (nSPS) is 19.0. The standard InChI is InChI=1S/C19H26BNO4/c1-13(22)16-9-7-15(8-10-16)11-17(12-21-14(2)23)20-24-18(3,4)19(5,6)25-20/h7-11H,12H2,1-6H3,(H,21,23). The summed E-state index contributed by atoms with van der Waals surface area (Å²) in [6.07, 6.45) is 1.93. The van der Waals surface area contributed by atoms with E-state index >= 15 is 0 Å². The summed E-state index contributed by atoms with van der Waals surface area (Å²) < 4.78 is 12.2. The molecule has 0 saturated carbocycles. The Morgan fingerprint density at radius 2 is 1.56 bits per heavy atom. The van der Waals surface area contributed by atoms with Crippen LogP contribution in [0, 0.1) is 0 Å². The van der Waals surface area contributed by atoms with Crippen molar-refractivity contribution in [2.24, 2.45) is 0 Å². The van der Waals surface area contributed by atoms with Crippen LogP contribution in [-0.4, -0.2) is 36.6 Å². The first kappa shape index (κ1) is 19.4. The van der Waals surface area contributed by atoms with Crippen molar-refractivity contribution in [3.63, 3.8) is 0 Å². The quantitative estimate of drug-likeness (QED) is 0.659. The van der Waals surface area contributed by atoms with Gasteiger partial charge in [-0.1, -0.05) is 30.3 Å². The molecule has 1 N–H and O–H groups in total.